The number of hydrogen-bond acceptors (Lipinski definition) is 1. The van der Waals surface area contributed by atoms with Gasteiger partial charge in [0.05, 0.1) is 0 Å². The standard InChI is InChI=1S/C16H33N/c1-14(2)13-17-11-10-16(3,4)12-15-8-6-5-7-9-15/h14-15,17H,5-13H2,1-4H3. The lowest BCUT2D eigenvalue weighted by Crippen LogP contribution is -2.27. The fourth-order valence-electron chi connectivity index (χ4n) is 3.09. The number of rotatable bonds is 7. The zero-order chi connectivity index (χ0) is 12.7. The monoisotopic (exact) mass is 239 g/mol. The Morgan fingerprint density at radius 2 is 1.76 bits per heavy atom. The van der Waals surface area contributed by atoms with Gasteiger partial charge >= 0.3 is 0 Å². The minimum atomic E-state index is 0.534. The molecule has 0 saturated heterocycles. The van der Waals surface area contributed by atoms with Crippen molar-refractivity contribution in [1.29, 1.82) is 0 Å². The quantitative estimate of drug-likeness (QED) is 0.639. The van der Waals surface area contributed by atoms with Crippen molar-refractivity contribution in [3.63, 3.8) is 0 Å². The van der Waals surface area contributed by atoms with Gasteiger partial charge in [0.25, 0.3) is 0 Å². The Labute approximate surface area is 109 Å². The van der Waals surface area contributed by atoms with Gasteiger partial charge in [-0.3, -0.25) is 0 Å². The van der Waals surface area contributed by atoms with Crippen LogP contribution in [-0.4, -0.2) is 13.1 Å². The van der Waals surface area contributed by atoms with E-state index in [2.05, 4.69) is 33.0 Å². The summed E-state index contributed by atoms with van der Waals surface area (Å²) in [6.07, 6.45) is 10.2. The van der Waals surface area contributed by atoms with Crippen LogP contribution in [0.4, 0.5) is 0 Å². The zero-order valence-corrected chi connectivity index (χ0v) is 12.5. The van der Waals surface area contributed by atoms with E-state index in [4.69, 9.17) is 0 Å². The van der Waals surface area contributed by atoms with E-state index < -0.39 is 0 Å². The second kappa shape index (κ2) is 7.41. The lowest BCUT2D eigenvalue weighted by molar-refractivity contribution is 0.207. The molecule has 0 aliphatic heterocycles. The van der Waals surface area contributed by atoms with Gasteiger partial charge in [-0.15, -0.1) is 0 Å². The van der Waals surface area contributed by atoms with E-state index in [9.17, 15) is 0 Å². The summed E-state index contributed by atoms with van der Waals surface area (Å²) in [5.41, 5.74) is 0.534. The van der Waals surface area contributed by atoms with Crippen molar-refractivity contribution in [2.75, 3.05) is 13.1 Å². The van der Waals surface area contributed by atoms with Gasteiger partial charge in [0.15, 0.2) is 0 Å². The van der Waals surface area contributed by atoms with Crippen LogP contribution in [0.15, 0.2) is 0 Å². The predicted molar refractivity (Wildman–Crippen MR) is 77.3 cm³/mol. The fraction of sp³-hybridized carbons (Fsp3) is 1.00. The molecule has 0 aromatic rings. The minimum absolute atomic E-state index is 0.534. The van der Waals surface area contributed by atoms with Gasteiger partial charge in [-0.1, -0.05) is 59.8 Å². The molecule has 1 nitrogen and oxygen atoms in total. The summed E-state index contributed by atoms with van der Waals surface area (Å²) in [4.78, 5) is 0. The molecule has 0 bridgehead atoms. The average molecular weight is 239 g/mol. The third kappa shape index (κ3) is 7.08. The van der Waals surface area contributed by atoms with Gasteiger partial charge in [0.2, 0.25) is 0 Å². The minimum Gasteiger partial charge on any atom is -0.316 e. The van der Waals surface area contributed by atoms with Crippen LogP contribution in [0.2, 0.25) is 0 Å². The van der Waals surface area contributed by atoms with E-state index in [0.29, 0.717) is 5.41 Å². The van der Waals surface area contributed by atoms with E-state index in [1.807, 2.05) is 0 Å². The maximum absolute atomic E-state index is 3.58. The summed E-state index contributed by atoms with van der Waals surface area (Å²) in [5.74, 6) is 1.79. The maximum Gasteiger partial charge on any atom is -0.00258 e. The Bertz CT molecular complexity index is 190. The van der Waals surface area contributed by atoms with E-state index in [0.717, 1.165) is 11.8 Å². The summed E-state index contributed by atoms with van der Waals surface area (Å²) >= 11 is 0. The number of hydrogen-bond donors (Lipinski definition) is 1. The van der Waals surface area contributed by atoms with Crippen molar-refractivity contribution >= 4 is 0 Å². The van der Waals surface area contributed by atoms with Crippen LogP contribution in [0.25, 0.3) is 0 Å². The van der Waals surface area contributed by atoms with E-state index in [1.165, 1.54) is 58.0 Å². The molecule has 0 aromatic carbocycles. The van der Waals surface area contributed by atoms with Gasteiger partial charge in [0.1, 0.15) is 0 Å². The molecule has 1 N–H and O–H groups in total. The van der Waals surface area contributed by atoms with Crippen molar-refractivity contribution in [2.24, 2.45) is 17.3 Å². The Kier molecular flexibility index (Phi) is 6.54. The molecule has 0 heterocycles. The Balaban J connectivity index is 2.15. The molecule has 0 aromatic heterocycles. The van der Waals surface area contributed by atoms with Crippen molar-refractivity contribution in [1.82, 2.24) is 5.32 Å². The van der Waals surface area contributed by atoms with Gasteiger partial charge in [-0.25, -0.2) is 0 Å². The highest BCUT2D eigenvalue weighted by Gasteiger charge is 2.24. The highest BCUT2D eigenvalue weighted by atomic mass is 14.8. The molecule has 1 saturated carbocycles. The van der Waals surface area contributed by atoms with E-state index in [-0.39, 0.29) is 0 Å². The lowest BCUT2D eigenvalue weighted by Gasteiger charge is -2.32. The van der Waals surface area contributed by atoms with Crippen molar-refractivity contribution < 1.29 is 0 Å². The Hall–Kier alpha value is -0.0400. The Morgan fingerprint density at radius 3 is 2.35 bits per heavy atom. The highest BCUT2D eigenvalue weighted by Crippen LogP contribution is 2.36. The molecule has 1 fully saturated rings. The summed E-state index contributed by atoms with van der Waals surface area (Å²) in [7, 11) is 0. The van der Waals surface area contributed by atoms with Crippen molar-refractivity contribution in [3.05, 3.63) is 0 Å². The first-order chi connectivity index (χ1) is 7.99. The highest BCUT2D eigenvalue weighted by molar-refractivity contribution is 4.76. The summed E-state index contributed by atoms with van der Waals surface area (Å²) in [6, 6.07) is 0. The molecular formula is C16H33N. The largest absolute Gasteiger partial charge is 0.316 e. The summed E-state index contributed by atoms with van der Waals surface area (Å²) < 4.78 is 0. The fourth-order valence-corrected chi connectivity index (χ4v) is 3.09. The maximum atomic E-state index is 3.58. The molecule has 1 heteroatoms. The molecule has 17 heavy (non-hydrogen) atoms. The molecule has 0 atom stereocenters. The van der Waals surface area contributed by atoms with E-state index >= 15 is 0 Å². The first-order valence-electron chi connectivity index (χ1n) is 7.70. The lowest BCUT2D eigenvalue weighted by atomic mass is 9.75. The third-order valence-corrected chi connectivity index (χ3v) is 4.10. The smallest absolute Gasteiger partial charge is 0.00258 e. The first-order valence-corrected chi connectivity index (χ1v) is 7.70. The predicted octanol–water partition coefficient (Wildman–Crippen LogP) is 4.62. The second-order valence-electron chi connectivity index (χ2n) is 7.22. The van der Waals surface area contributed by atoms with Crippen molar-refractivity contribution in [2.45, 2.75) is 72.6 Å². The molecule has 102 valence electrons. The topological polar surface area (TPSA) is 12.0 Å². The second-order valence-corrected chi connectivity index (χ2v) is 7.22. The van der Waals surface area contributed by atoms with Crippen molar-refractivity contribution in [3.8, 4) is 0 Å². The first kappa shape index (κ1) is 15.0. The zero-order valence-electron chi connectivity index (χ0n) is 12.5. The average Bonchev–Trinajstić information content (AvgIpc) is 2.25. The van der Waals surface area contributed by atoms with Gasteiger partial charge < -0.3 is 5.32 Å². The summed E-state index contributed by atoms with van der Waals surface area (Å²) in [5, 5.41) is 3.58. The van der Waals surface area contributed by atoms with E-state index in [1.54, 1.807) is 0 Å². The molecule has 0 amide bonds. The molecule has 1 aliphatic carbocycles. The van der Waals surface area contributed by atoms with Crippen LogP contribution in [0.1, 0.15) is 72.6 Å². The molecule has 0 spiro atoms. The van der Waals surface area contributed by atoms with Gasteiger partial charge in [0, 0.05) is 0 Å². The molecule has 1 rings (SSSR count). The third-order valence-electron chi connectivity index (χ3n) is 4.10. The van der Waals surface area contributed by atoms with Gasteiger partial charge in [-0.2, -0.15) is 0 Å². The SMILES string of the molecule is CC(C)CNCCC(C)(C)CC1CCCCC1. The van der Waals surface area contributed by atoms with Gasteiger partial charge in [-0.05, 0) is 43.2 Å². The van der Waals surface area contributed by atoms with Crippen LogP contribution in [0, 0.1) is 17.3 Å². The molecule has 0 radical (unpaired) electrons. The normalized spacial score (nSPS) is 18.9. The van der Waals surface area contributed by atoms with Crippen LogP contribution in [-0.2, 0) is 0 Å². The Morgan fingerprint density at radius 1 is 1.12 bits per heavy atom. The summed E-state index contributed by atoms with van der Waals surface area (Å²) in [6.45, 7) is 11.8. The van der Waals surface area contributed by atoms with Crippen LogP contribution < -0.4 is 5.32 Å². The van der Waals surface area contributed by atoms with Crippen LogP contribution in [0.3, 0.4) is 0 Å². The van der Waals surface area contributed by atoms with Crippen LogP contribution in [0.5, 0.6) is 0 Å². The molecule has 0 unspecified atom stereocenters. The van der Waals surface area contributed by atoms with Crippen LogP contribution >= 0.6 is 0 Å². The molecule has 1 aliphatic rings. The number of nitrogens with one attached hydrogen (secondary N) is 1. The molecular weight excluding hydrogens is 206 g/mol.